The predicted molar refractivity (Wildman–Crippen MR) is 78.0 cm³/mol. The predicted octanol–water partition coefficient (Wildman–Crippen LogP) is 2.55. The maximum absolute atomic E-state index is 6.23. The molecule has 1 heterocycles. The number of nitrogens with one attached hydrogen (secondary N) is 1. The minimum atomic E-state index is -0.166. The van der Waals surface area contributed by atoms with Gasteiger partial charge in [0.1, 0.15) is 0 Å². The lowest BCUT2D eigenvalue weighted by molar-refractivity contribution is 0.571. The van der Waals surface area contributed by atoms with Gasteiger partial charge in [-0.2, -0.15) is 5.10 Å². The van der Waals surface area contributed by atoms with Gasteiger partial charge >= 0.3 is 0 Å². The Morgan fingerprint density at radius 3 is 2.26 bits per heavy atom. The van der Waals surface area contributed by atoms with Crippen molar-refractivity contribution in [2.45, 2.75) is 26.8 Å². The largest absolute Gasteiger partial charge is 0.271 e. The van der Waals surface area contributed by atoms with Gasteiger partial charge in [0.15, 0.2) is 0 Å². The Bertz CT molecular complexity index is 561. The van der Waals surface area contributed by atoms with E-state index in [1.807, 2.05) is 7.05 Å². The molecule has 102 valence electrons. The molecule has 0 amide bonds. The maximum atomic E-state index is 6.23. The molecule has 0 aliphatic heterocycles. The van der Waals surface area contributed by atoms with E-state index in [9.17, 15) is 0 Å². The van der Waals surface area contributed by atoms with Gasteiger partial charge in [-0.15, -0.1) is 0 Å². The molecular weight excluding hydrogens is 260 g/mol. The second kappa shape index (κ2) is 5.33. The third-order valence-electron chi connectivity index (χ3n) is 3.40. The SMILES string of the molecule is Cc1cc(C)c(C(NN)c2c(Cl)cnn2C)c(C)c1. The number of aryl methyl sites for hydroxylation is 4. The summed E-state index contributed by atoms with van der Waals surface area (Å²) in [6.07, 6.45) is 1.64. The van der Waals surface area contributed by atoms with Crippen molar-refractivity contribution >= 4 is 11.6 Å². The zero-order valence-electron chi connectivity index (χ0n) is 11.7. The zero-order valence-corrected chi connectivity index (χ0v) is 12.4. The molecular formula is C14H19ClN4. The molecule has 2 aromatic rings. The summed E-state index contributed by atoms with van der Waals surface area (Å²) in [4.78, 5) is 0. The van der Waals surface area contributed by atoms with Crippen molar-refractivity contribution in [3.05, 3.63) is 51.3 Å². The zero-order chi connectivity index (χ0) is 14.2. The van der Waals surface area contributed by atoms with Gasteiger partial charge in [0.25, 0.3) is 0 Å². The van der Waals surface area contributed by atoms with Gasteiger partial charge in [0, 0.05) is 7.05 Å². The third kappa shape index (κ3) is 2.52. The molecule has 1 unspecified atom stereocenters. The van der Waals surface area contributed by atoms with Crippen LogP contribution in [0.4, 0.5) is 0 Å². The Morgan fingerprint density at radius 2 is 1.84 bits per heavy atom. The van der Waals surface area contributed by atoms with E-state index in [1.54, 1.807) is 10.9 Å². The van der Waals surface area contributed by atoms with Crippen molar-refractivity contribution < 1.29 is 0 Å². The lowest BCUT2D eigenvalue weighted by Crippen LogP contribution is -2.31. The van der Waals surface area contributed by atoms with Gasteiger partial charge in [-0.1, -0.05) is 29.3 Å². The van der Waals surface area contributed by atoms with Crippen LogP contribution in [0, 0.1) is 20.8 Å². The van der Waals surface area contributed by atoms with Gasteiger partial charge in [0.05, 0.1) is 23.0 Å². The average molecular weight is 279 g/mol. The van der Waals surface area contributed by atoms with E-state index < -0.39 is 0 Å². The van der Waals surface area contributed by atoms with E-state index in [1.165, 1.54) is 16.7 Å². The Balaban J connectivity index is 2.61. The molecule has 0 aliphatic rings. The molecule has 0 spiro atoms. The molecule has 1 aromatic carbocycles. The van der Waals surface area contributed by atoms with Gasteiger partial charge in [-0.25, -0.2) is 5.43 Å². The van der Waals surface area contributed by atoms with Gasteiger partial charge in [0.2, 0.25) is 0 Å². The normalized spacial score (nSPS) is 12.7. The first-order chi connectivity index (χ1) is 8.95. The lowest BCUT2D eigenvalue weighted by atomic mass is 9.92. The average Bonchev–Trinajstić information content (AvgIpc) is 2.64. The maximum Gasteiger partial charge on any atom is 0.0898 e. The van der Waals surface area contributed by atoms with Crippen molar-refractivity contribution in [2.24, 2.45) is 12.9 Å². The Kier molecular flexibility index (Phi) is 3.94. The van der Waals surface area contributed by atoms with Crippen LogP contribution in [0.15, 0.2) is 18.3 Å². The summed E-state index contributed by atoms with van der Waals surface area (Å²) in [7, 11) is 1.87. The molecule has 0 saturated heterocycles. The molecule has 3 N–H and O–H groups in total. The van der Waals surface area contributed by atoms with Gasteiger partial charge < -0.3 is 0 Å². The standard InChI is InChI=1S/C14H19ClN4/c1-8-5-9(2)12(10(3)6-8)13(18-16)14-11(15)7-17-19(14)4/h5-7,13,18H,16H2,1-4H3. The Hall–Kier alpha value is -1.36. The van der Waals surface area contributed by atoms with E-state index >= 15 is 0 Å². The van der Waals surface area contributed by atoms with Crippen LogP contribution in [0.25, 0.3) is 0 Å². The molecule has 4 nitrogen and oxygen atoms in total. The number of rotatable bonds is 3. The van der Waals surface area contributed by atoms with E-state index in [0.717, 1.165) is 11.3 Å². The summed E-state index contributed by atoms with van der Waals surface area (Å²) in [5.74, 6) is 5.76. The number of hydrogen-bond donors (Lipinski definition) is 2. The smallest absolute Gasteiger partial charge is 0.0898 e. The second-order valence-electron chi connectivity index (χ2n) is 4.91. The van der Waals surface area contributed by atoms with Crippen molar-refractivity contribution in [3.63, 3.8) is 0 Å². The van der Waals surface area contributed by atoms with Crippen molar-refractivity contribution in [1.29, 1.82) is 0 Å². The van der Waals surface area contributed by atoms with Crippen LogP contribution in [0.3, 0.4) is 0 Å². The van der Waals surface area contributed by atoms with Crippen LogP contribution in [0.1, 0.15) is 34.0 Å². The lowest BCUT2D eigenvalue weighted by Gasteiger charge is -2.22. The van der Waals surface area contributed by atoms with Gasteiger partial charge in [-0.3, -0.25) is 10.5 Å². The highest BCUT2D eigenvalue weighted by molar-refractivity contribution is 6.31. The minimum Gasteiger partial charge on any atom is -0.271 e. The van der Waals surface area contributed by atoms with Crippen LogP contribution in [-0.2, 0) is 7.05 Å². The first-order valence-electron chi connectivity index (χ1n) is 6.17. The van der Waals surface area contributed by atoms with Crippen LogP contribution < -0.4 is 11.3 Å². The van der Waals surface area contributed by atoms with E-state index in [4.69, 9.17) is 17.4 Å². The number of nitrogens with zero attached hydrogens (tertiary/aromatic N) is 2. The molecule has 19 heavy (non-hydrogen) atoms. The number of benzene rings is 1. The molecule has 5 heteroatoms. The number of hydrogen-bond acceptors (Lipinski definition) is 3. The summed E-state index contributed by atoms with van der Waals surface area (Å²) >= 11 is 6.23. The number of aromatic nitrogens is 2. The summed E-state index contributed by atoms with van der Waals surface area (Å²) in [5, 5.41) is 4.79. The number of nitrogens with two attached hydrogens (primary N) is 1. The molecule has 0 bridgehead atoms. The quantitative estimate of drug-likeness (QED) is 0.670. The minimum absolute atomic E-state index is 0.166. The van der Waals surface area contributed by atoms with E-state index in [0.29, 0.717) is 5.02 Å². The summed E-state index contributed by atoms with van der Waals surface area (Å²) < 4.78 is 1.76. The molecule has 0 aliphatic carbocycles. The molecule has 0 saturated carbocycles. The number of halogens is 1. The third-order valence-corrected chi connectivity index (χ3v) is 3.70. The fourth-order valence-electron chi connectivity index (χ4n) is 2.69. The van der Waals surface area contributed by atoms with Crippen molar-refractivity contribution in [3.8, 4) is 0 Å². The van der Waals surface area contributed by atoms with Crippen LogP contribution >= 0.6 is 11.6 Å². The monoisotopic (exact) mass is 278 g/mol. The summed E-state index contributed by atoms with van der Waals surface area (Å²) in [6, 6.07) is 4.13. The fraction of sp³-hybridized carbons (Fsp3) is 0.357. The van der Waals surface area contributed by atoms with Gasteiger partial charge in [-0.05, 0) is 37.5 Å². The van der Waals surface area contributed by atoms with Crippen LogP contribution in [0.2, 0.25) is 5.02 Å². The molecule has 0 radical (unpaired) electrons. The molecule has 1 atom stereocenters. The van der Waals surface area contributed by atoms with Crippen LogP contribution in [-0.4, -0.2) is 9.78 Å². The van der Waals surface area contributed by atoms with Crippen molar-refractivity contribution in [1.82, 2.24) is 15.2 Å². The summed E-state index contributed by atoms with van der Waals surface area (Å²) in [6.45, 7) is 6.26. The Labute approximate surface area is 118 Å². The second-order valence-corrected chi connectivity index (χ2v) is 5.32. The first-order valence-corrected chi connectivity index (χ1v) is 6.54. The van der Waals surface area contributed by atoms with Crippen molar-refractivity contribution in [2.75, 3.05) is 0 Å². The van der Waals surface area contributed by atoms with Crippen LogP contribution in [0.5, 0.6) is 0 Å². The summed E-state index contributed by atoms with van der Waals surface area (Å²) in [5.41, 5.74) is 8.51. The van der Waals surface area contributed by atoms with E-state index in [-0.39, 0.29) is 6.04 Å². The fourth-order valence-corrected chi connectivity index (χ4v) is 2.97. The molecule has 2 rings (SSSR count). The highest BCUT2D eigenvalue weighted by atomic mass is 35.5. The topological polar surface area (TPSA) is 55.9 Å². The highest BCUT2D eigenvalue weighted by Gasteiger charge is 2.23. The Morgan fingerprint density at radius 1 is 1.26 bits per heavy atom. The highest BCUT2D eigenvalue weighted by Crippen LogP contribution is 2.31. The molecule has 1 aromatic heterocycles. The molecule has 0 fully saturated rings. The van der Waals surface area contributed by atoms with E-state index in [2.05, 4.69) is 43.4 Å². The first kappa shape index (κ1) is 14.1. The number of hydrazine groups is 1.